The summed E-state index contributed by atoms with van der Waals surface area (Å²) in [5.41, 5.74) is 2.81. The third kappa shape index (κ3) is 4.27. The first kappa shape index (κ1) is 17.2. The van der Waals surface area contributed by atoms with E-state index < -0.39 is 0 Å². The Morgan fingerprint density at radius 1 is 1.00 bits per heavy atom. The minimum absolute atomic E-state index is 0.0435. The van der Waals surface area contributed by atoms with Gasteiger partial charge < -0.3 is 10.2 Å². The van der Waals surface area contributed by atoms with Crippen LogP contribution in [-0.2, 0) is 4.79 Å². The normalized spacial score (nSPS) is 15.0. The third-order valence-corrected chi connectivity index (χ3v) is 4.72. The molecule has 4 heteroatoms. The van der Waals surface area contributed by atoms with Crippen molar-refractivity contribution >= 4 is 11.8 Å². The van der Waals surface area contributed by atoms with Crippen LogP contribution in [0.2, 0.25) is 0 Å². The lowest BCUT2D eigenvalue weighted by Crippen LogP contribution is -2.46. The molecule has 0 spiro atoms. The van der Waals surface area contributed by atoms with Crippen LogP contribution in [0.15, 0.2) is 54.6 Å². The molecule has 1 N–H and O–H groups in total. The Morgan fingerprint density at radius 3 is 2.36 bits per heavy atom. The number of nitrogens with zero attached hydrogens (tertiary/aromatic N) is 1. The van der Waals surface area contributed by atoms with Crippen LogP contribution in [0.3, 0.4) is 0 Å². The molecule has 1 heterocycles. The van der Waals surface area contributed by atoms with Gasteiger partial charge in [0.05, 0.1) is 0 Å². The highest BCUT2D eigenvalue weighted by molar-refractivity contribution is 5.95. The maximum absolute atomic E-state index is 12.6. The summed E-state index contributed by atoms with van der Waals surface area (Å²) in [5, 5.41) is 3.11. The van der Waals surface area contributed by atoms with E-state index in [1.165, 1.54) is 0 Å². The molecule has 0 aromatic heterocycles. The van der Waals surface area contributed by atoms with Crippen molar-refractivity contribution < 1.29 is 9.59 Å². The van der Waals surface area contributed by atoms with Crippen molar-refractivity contribution in [1.82, 2.24) is 10.2 Å². The van der Waals surface area contributed by atoms with E-state index in [9.17, 15) is 9.59 Å². The van der Waals surface area contributed by atoms with Gasteiger partial charge in [-0.15, -0.1) is 0 Å². The summed E-state index contributed by atoms with van der Waals surface area (Å²) in [6.07, 6.45) is 2.18. The lowest BCUT2D eigenvalue weighted by Gasteiger charge is -2.32. The summed E-state index contributed by atoms with van der Waals surface area (Å²) in [6.45, 7) is 3.33. The number of benzene rings is 2. The van der Waals surface area contributed by atoms with Crippen LogP contribution in [0, 0.1) is 0 Å². The van der Waals surface area contributed by atoms with Crippen molar-refractivity contribution in [2.24, 2.45) is 0 Å². The zero-order valence-corrected chi connectivity index (χ0v) is 14.6. The molecule has 0 bridgehead atoms. The molecule has 2 aromatic rings. The van der Waals surface area contributed by atoms with Gasteiger partial charge in [-0.2, -0.15) is 0 Å². The molecular formula is C21H24N2O2. The topological polar surface area (TPSA) is 49.4 Å². The summed E-state index contributed by atoms with van der Waals surface area (Å²) in [5.74, 6) is 0.151. The van der Waals surface area contributed by atoms with Crippen LogP contribution < -0.4 is 5.32 Å². The van der Waals surface area contributed by atoms with Gasteiger partial charge in [0.1, 0.15) is 0 Å². The molecule has 130 valence electrons. The zero-order chi connectivity index (χ0) is 17.6. The SMILES string of the molecule is CCC(=O)N1CCC(NC(=O)c2cccc(-c3ccccc3)c2)CC1. The average Bonchev–Trinajstić information content (AvgIpc) is 2.68. The predicted molar refractivity (Wildman–Crippen MR) is 99.2 cm³/mol. The van der Waals surface area contributed by atoms with E-state index in [4.69, 9.17) is 0 Å². The number of hydrogen-bond donors (Lipinski definition) is 1. The first-order valence-electron chi connectivity index (χ1n) is 8.91. The predicted octanol–water partition coefficient (Wildman–Crippen LogP) is 3.48. The molecule has 0 radical (unpaired) electrons. The second kappa shape index (κ2) is 7.97. The largest absolute Gasteiger partial charge is 0.349 e. The van der Waals surface area contributed by atoms with E-state index in [1.807, 2.05) is 66.4 Å². The quantitative estimate of drug-likeness (QED) is 0.929. The van der Waals surface area contributed by atoms with E-state index in [2.05, 4.69) is 5.32 Å². The molecule has 25 heavy (non-hydrogen) atoms. The van der Waals surface area contributed by atoms with Crippen LogP contribution in [0.25, 0.3) is 11.1 Å². The lowest BCUT2D eigenvalue weighted by atomic mass is 10.0. The van der Waals surface area contributed by atoms with Gasteiger partial charge in [-0.1, -0.05) is 49.4 Å². The Kier molecular flexibility index (Phi) is 5.49. The van der Waals surface area contributed by atoms with Crippen LogP contribution in [0.5, 0.6) is 0 Å². The van der Waals surface area contributed by atoms with Crippen molar-refractivity contribution in [3.05, 3.63) is 60.2 Å². The second-order valence-electron chi connectivity index (χ2n) is 6.43. The summed E-state index contributed by atoms with van der Waals surface area (Å²) >= 11 is 0. The summed E-state index contributed by atoms with van der Waals surface area (Å²) in [7, 11) is 0. The first-order chi connectivity index (χ1) is 12.2. The van der Waals surface area contributed by atoms with Crippen molar-refractivity contribution in [2.45, 2.75) is 32.2 Å². The molecule has 1 saturated heterocycles. The van der Waals surface area contributed by atoms with Crippen molar-refractivity contribution in [1.29, 1.82) is 0 Å². The molecule has 1 aliphatic rings. The Bertz CT molecular complexity index is 735. The van der Waals surface area contributed by atoms with Crippen molar-refractivity contribution in [3.8, 4) is 11.1 Å². The summed E-state index contributed by atoms with van der Waals surface area (Å²) < 4.78 is 0. The first-order valence-corrected chi connectivity index (χ1v) is 8.91. The van der Waals surface area contributed by atoms with E-state index in [0.717, 1.165) is 37.1 Å². The van der Waals surface area contributed by atoms with Gasteiger partial charge in [0, 0.05) is 31.1 Å². The lowest BCUT2D eigenvalue weighted by molar-refractivity contribution is -0.131. The molecular weight excluding hydrogens is 312 g/mol. The van der Waals surface area contributed by atoms with E-state index in [1.54, 1.807) is 0 Å². The summed E-state index contributed by atoms with van der Waals surface area (Å²) in [4.78, 5) is 26.2. The Morgan fingerprint density at radius 2 is 1.68 bits per heavy atom. The highest BCUT2D eigenvalue weighted by atomic mass is 16.2. The molecule has 0 unspecified atom stereocenters. The molecule has 2 aromatic carbocycles. The van der Waals surface area contributed by atoms with Crippen molar-refractivity contribution in [2.75, 3.05) is 13.1 Å². The Labute approximate surface area is 148 Å². The number of rotatable bonds is 4. The van der Waals surface area contributed by atoms with E-state index in [-0.39, 0.29) is 17.9 Å². The highest BCUT2D eigenvalue weighted by Crippen LogP contribution is 2.20. The van der Waals surface area contributed by atoms with E-state index >= 15 is 0 Å². The van der Waals surface area contributed by atoms with Gasteiger partial charge in [-0.3, -0.25) is 9.59 Å². The molecule has 1 fully saturated rings. The number of nitrogens with one attached hydrogen (secondary N) is 1. The zero-order valence-electron chi connectivity index (χ0n) is 14.6. The monoisotopic (exact) mass is 336 g/mol. The molecule has 0 aliphatic carbocycles. The standard InChI is InChI=1S/C21H24N2O2/c1-2-20(24)23-13-11-19(12-14-23)22-21(25)18-10-6-9-17(15-18)16-7-4-3-5-8-16/h3-10,15,19H,2,11-14H2,1H3,(H,22,25). The van der Waals surface area contributed by atoms with Crippen LogP contribution in [0.1, 0.15) is 36.5 Å². The maximum atomic E-state index is 12.6. The van der Waals surface area contributed by atoms with Crippen molar-refractivity contribution in [3.63, 3.8) is 0 Å². The molecule has 2 amide bonds. The fourth-order valence-corrected chi connectivity index (χ4v) is 3.24. The van der Waals surface area contributed by atoms with Gasteiger partial charge in [-0.05, 0) is 36.1 Å². The number of amides is 2. The van der Waals surface area contributed by atoms with Crippen LogP contribution in [-0.4, -0.2) is 35.8 Å². The smallest absolute Gasteiger partial charge is 0.251 e. The minimum atomic E-state index is -0.0435. The Hall–Kier alpha value is -2.62. The third-order valence-electron chi connectivity index (χ3n) is 4.72. The fourth-order valence-electron chi connectivity index (χ4n) is 3.24. The second-order valence-corrected chi connectivity index (χ2v) is 6.43. The summed E-state index contributed by atoms with van der Waals surface area (Å²) in [6, 6.07) is 17.9. The molecule has 0 saturated carbocycles. The van der Waals surface area contributed by atoms with Gasteiger partial charge >= 0.3 is 0 Å². The minimum Gasteiger partial charge on any atom is -0.349 e. The molecule has 4 nitrogen and oxygen atoms in total. The average molecular weight is 336 g/mol. The van der Waals surface area contributed by atoms with Gasteiger partial charge in [-0.25, -0.2) is 0 Å². The van der Waals surface area contributed by atoms with Crippen LogP contribution in [0.4, 0.5) is 0 Å². The van der Waals surface area contributed by atoms with Gasteiger partial charge in [0.15, 0.2) is 0 Å². The molecule has 3 rings (SSSR count). The fraction of sp³-hybridized carbons (Fsp3) is 0.333. The number of likely N-dealkylation sites (tertiary alicyclic amines) is 1. The number of piperidine rings is 1. The number of hydrogen-bond acceptors (Lipinski definition) is 2. The van der Waals surface area contributed by atoms with Gasteiger partial charge in [0.25, 0.3) is 5.91 Å². The maximum Gasteiger partial charge on any atom is 0.251 e. The molecule has 1 aliphatic heterocycles. The van der Waals surface area contributed by atoms with E-state index in [0.29, 0.717) is 12.0 Å². The molecule has 0 atom stereocenters. The Balaban J connectivity index is 1.62. The highest BCUT2D eigenvalue weighted by Gasteiger charge is 2.23. The number of carbonyl (C=O) groups is 2. The number of carbonyl (C=O) groups excluding carboxylic acids is 2. The van der Waals surface area contributed by atoms with Gasteiger partial charge in [0.2, 0.25) is 5.91 Å². The van der Waals surface area contributed by atoms with Crippen LogP contribution >= 0.6 is 0 Å².